The Balaban J connectivity index is 2.25. The number of nitrogens with one attached hydrogen (secondary N) is 2. The molecule has 0 saturated heterocycles. The lowest BCUT2D eigenvalue weighted by molar-refractivity contribution is 0.102. The fourth-order valence-corrected chi connectivity index (χ4v) is 2.36. The van der Waals surface area contributed by atoms with E-state index in [-0.39, 0.29) is 11.7 Å². The third-order valence-corrected chi connectivity index (χ3v) is 3.91. The van der Waals surface area contributed by atoms with Crippen LogP contribution in [0.4, 0.5) is 11.6 Å². The van der Waals surface area contributed by atoms with Gasteiger partial charge in [-0.25, -0.2) is 9.97 Å². The van der Waals surface area contributed by atoms with E-state index in [1.165, 1.54) is 0 Å². The van der Waals surface area contributed by atoms with Gasteiger partial charge in [0.25, 0.3) is 5.91 Å². The number of aryl methyl sites for hydroxylation is 1. The smallest absolute Gasteiger partial charge is 0.274 e. The van der Waals surface area contributed by atoms with Crippen LogP contribution < -0.4 is 10.6 Å². The number of halogens is 2. The predicted octanol–water partition coefficient (Wildman–Crippen LogP) is 4.55. The second-order valence-corrected chi connectivity index (χ2v) is 6.04. The first-order valence-corrected chi connectivity index (χ1v) is 8.04. The van der Waals surface area contributed by atoms with Crippen LogP contribution in [0.1, 0.15) is 36.5 Å². The number of hydrogen-bond acceptors (Lipinski definition) is 4. The van der Waals surface area contributed by atoms with Crippen molar-refractivity contribution in [2.24, 2.45) is 0 Å². The topological polar surface area (TPSA) is 66.9 Å². The lowest BCUT2D eigenvalue weighted by Gasteiger charge is -2.13. The summed E-state index contributed by atoms with van der Waals surface area (Å²) in [5.41, 5.74) is 1.31. The lowest BCUT2D eigenvalue weighted by atomic mass is 10.2. The number of benzene rings is 1. The number of nitrogens with zero attached hydrogens (tertiary/aromatic N) is 2. The Hall–Kier alpha value is -1.85. The van der Waals surface area contributed by atoms with Gasteiger partial charge in [-0.3, -0.25) is 4.79 Å². The molecule has 2 aromatic rings. The van der Waals surface area contributed by atoms with Crippen molar-refractivity contribution in [3.05, 3.63) is 45.7 Å². The Labute approximate surface area is 145 Å². The fourth-order valence-electron chi connectivity index (χ4n) is 1.87. The van der Waals surface area contributed by atoms with E-state index in [1.54, 1.807) is 24.3 Å². The first kappa shape index (κ1) is 17.5. The van der Waals surface area contributed by atoms with Gasteiger partial charge >= 0.3 is 0 Å². The molecule has 0 bridgehead atoms. The molecule has 1 amide bonds. The van der Waals surface area contributed by atoms with Crippen LogP contribution in [-0.2, 0) is 0 Å². The van der Waals surface area contributed by atoms with E-state index in [0.717, 1.165) is 6.42 Å². The van der Waals surface area contributed by atoms with Gasteiger partial charge in [0.05, 0.1) is 15.7 Å². The number of carbonyl (C=O) groups is 1. The average molecular weight is 353 g/mol. The van der Waals surface area contributed by atoms with E-state index in [0.29, 0.717) is 27.4 Å². The molecule has 0 saturated carbocycles. The van der Waals surface area contributed by atoms with Crippen LogP contribution in [-0.4, -0.2) is 21.9 Å². The number of hydrogen-bond donors (Lipinski definition) is 2. The molecule has 0 aliphatic rings. The second-order valence-electron chi connectivity index (χ2n) is 5.22. The van der Waals surface area contributed by atoms with Gasteiger partial charge < -0.3 is 10.6 Å². The van der Waals surface area contributed by atoms with E-state index in [1.807, 2.05) is 13.8 Å². The molecule has 2 N–H and O–H groups in total. The van der Waals surface area contributed by atoms with Crippen molar-refractivity contribution >= 4 is 40.7 Å². The van der Waals surface area contributed by atoms with E-state index in [2.05, 4.69) is 27.5 Å². The number of rotatable bonds is 5. The zero-order valence-corrected chi connectivity index (χ0v) is 14.7. The highest BCUT2D eigenvalue weighted by molar-refractivity contribution is 6.40. The number of carbonyl (C=O) groups excluding carboxylic acids is 1. The highest BCUT2D eigenvalue weighted by Crippen LogP contribution is 2.30. The van der Waals surface area contributed by atoms with Crippen LogP contribution in [0.15, 0.2) is 24.3 Å². The molecule has 2 rings (SSSR count). The maximum atomic E-state index is 12.4. The average Bonchev–Trinajstić information content (AvgIpc) is 2.50. The van der Waals surface area contributed by atoms with E-state index >= 15 is 0 Å². The molecule has 1 unspecified atom stereocenters. The number of amides is 1. The lowest BCUT2D eigenvalue weighted by Crippen LogP contribution is -2.19. The van der Waals surface area contributed by atoms with E-state index in [4.69, 9.17) is 23.2 Å². The van der Waals surface area contributed by atoms with Crippen molar-refractivity contribution in [1.82, 2.24) is 9.97 Å². The fraction of sp³-hybridized carbons (Fsp3) is 0.312. The van der Waals surface area contributed by atoms with Gasteiger partial charge in [0.15, 0.2) is 0 Å². The van der Waals surface area contributed by atoms with Crippen molar-refractivity contribution in [2.75, 3.05) is 10.6 Å². The summed E-state index contributed by atoms with van der Waals surface area (Å²) < 4.78 is 0. The van der Waals surface area contributed by atoms with Gasteiger partial charge in [-0.15, -0.1) is 0 Å². The van der Waals surface area contributed by atoms with Crippen LogP contribution in [0.5, 0.6) is 0 Å². The summed E-state index contributed by atoms with van der Waals surface area (Å²) in [7, 11) is 0. The monoisotopic (exact) mass is 352 g/mol. The Morgan fingerprint density at radius 2 is 1.91 bits per heavy atom. The van der Waals surface area contributed by atoms with Crippen LogP contribution in [0.3, 0.4) is 0 Å². The van der Waals surface area contributed by atoms with Crippen LogP contribution in [0, 0.1) is 6.92 Å². The molecule has 1 aromatic heterocycles. The van der Waals surface area contributed by atoms with E-state index in [9.17, 15) is 4.79 Å². The summed E-state index contributed by atoms with van der Waals surface area (Å²) >= 11 is 12.1. The van der Waals surface area contributed by atoms with Crippen LogP contribution >= 0.6 is 23.2 Å². The zero-order chi connectivity index (χ0) is 17.0. The van der Waals surface area contributed by atoms with Gasteiger partial charge in [-0.05, 0) is 38.5 Å². The molecule has 1 aromatic carbocycles. The Morgan fingerprint density at radius 3 is 2.52 bits per heavy atom. The van der Waals surface area contributed by atoms with Gasteiger partial charge in [-0.1, -0.05) is 36.2 Å². The third-order valence-electron chi connectivity index (χ3n) is 3.28. The van der Waals surface area contributed by atoms with Crippen LogP contribution in [0.2, 0.25) is 10.0 Å². The van der Waals surface area contributed by atoms with Gasteiger partial charge in [-0.2, -0.15) is 0 Å². The maximum absolute atomic E-state index is 12.4. The largest absolute Gasteiger partial charge is 0.352 e. The highest BCUT2D eigenvalue weighted by atomic mass is 35.5. The minimum atomic E-state index is -0.391. The molecule has 1 atom stereocenters. The first-order valence-electron chi connectivity index (χ1n) is 7.28. The summed E-state index contributed by atoms with van der Waals surface area (Å²) in [4.78, 5) is 21.0. The quantitative estimate of drug-likeness (QED) is 0.827. The molecule has 23 heavy (non-hydrogen) atoms. The van der Waals surface area contributed by atoms with Crippen molar-refractivity contribution < 1.29 is 4.79 Å². The third kappa shape index (κ3) is 4.56. The molecule has 1 heterocycles. The predicted molar refractivity (Wildman–Crippen MR) is 94.6 cm³/mol. The normalized spacial score (nSPS) is 11.9. The summed E-state index contributed by atoms with van der Waals surface area (Å²) in [5.74, 6) is 0.0347. The van der Waals surface area contributed by atoms with Crippen molar-refractivity contribution in [2.45, 2.75) is 33.2 Å². The molecular formula is C16H18Cl2N4O. The highest BCUT2D eigenvalue weighted by Gasteiger charge is 2.15. The molecule has 0 aliphatic heterocycles. The molecule has 122 valence electrons. The maximum Gasteiger partial charge on any atom is 0.274 e. The van der Waals surface area contributed by atoms with Crippen molar-refractivity contribution in [3.8, 4) is 0 Å². The molecule has 7 heteroatoms. The Bertz CT molecular complexity index is 701. The molecule has 0 spiro atoms. The standard InChI is InChI=1S/C16H18Cl2N4O/c1-4-9(2)19-16-20-10(3)8-13(21-16)15(23)22-14-11(17)6-5-7-12(14)18/h5-9H,4H2,1-3H3,(H,22,23)(H,19,20,21). The number of anilines is 2. The van der Waals surface area contributed by atoms with Crippen LogP contribution in [0.25, 0.3) is 0 Å². The second kappa shape index (κ2) is 7.62. The Morgan fingerprint density at radius 1 is 1.26 bits per heavy atom. The molecule has 5 nitrogen and oxygen atoms in total. The van der Waals surface area contributed by atoms with Crippen molar-refractivity contribution in [3.63, 3.8) is 0 Å². The minimum absolute atomic E-state index is 0.214. The summed E-state index contributed by atoms with van der Waals surface area (Å²) in [6.07, 6.45) is 0.925. The molecule has 0 fully saturated rings. The minimum Gasteiger partial charge on any atom is -0.352 e. The zero-order valence-electron chi connectivity index (χ0n) is 13.2. The summed E-state index contributed by atoms with van der Waals surface area (Å²) in [5, 5.41) is 6.60. The summed E-state index contributed by atoms with van der Waals surface area (Å²) in [6, 6.07) is 6.85. The summed E-state index contributed by atoms with van der Waals surface area (Å²) in [6.45, 7) is 5.89. The van der Waals surface area contributed by atoms with Gasteiger partial charge in [0.1, 0.15) is 5.69 Å². The van der Waals surface area contributed by atoms with E-state index < -0.39 is 5.91 Å². The number of aromatic nitrogens is 2. The first-order chi connectivity index (χ1) is 10.9. The van der Waals surface area contributed by atoms with Gasteiger partial charge in [0.2, 0.25) is 5.95 Å². The SMILES string of the molecule is CCC(C)Nc1nc(C)cc(C(=O)Nc2c(Cl)cccc2Cl)n1. The number of para-hydroxylation sites is 1. The molecule has 0 radical (unpaired) electrons. The molecule has 0 aliphatic carbocycles. The van der Waals surface area contributed by atoms with Gasteiger partial charge in [0, 0.05) is 11.7 Å². The Kier molecular flexibility index (Phi) is 5.80. The van der Waals surface area contributed by atoms with Crippen molar-refractivity contribution in [1.29, 1.82) is 0 Å². The molecular weight excluding hydrogens is 335 g/mol.